The van der Waals surface area contributed by atoms with Crippen LogP contribution < -0.4 is 0 Å². The van der Waals surface area contributed by atoms with Crippen molar-refractivity contribution >= 4 is 0 Å². The smallest absolute Gasteiger partial charge is 0.261 e. The molecule has 0 saturated heterocycles. The lowest BCUT2D eigenvalue weighted by atomic mass is 9.84. The second-order valence-corrected chi connectivity index (χ2v) is 5.70. The third-order valence-corrected chi connectivity index (χ3v) is 4.27. The van der Waals surface area contributed by atoms with Crippen molar-refractivity contribution in [3.63, 3.8) is 0 Å². The minimum Gasteiger partial charge on any atom is -0.507 e. The highest BCUT2D eigenvalue weighted by Gasteiger charge is 2.38. The predicted octanol–water partition coefficient (Wildman–Crippen LogP) is 3.56. The lowest BCUT2D eigenvalue weighted by molar-refractivity contribution is -0.0527. The molecule has 3 rings (SSSR count). The van der Waals surface area contributed by atoms with Gasteiger partial charge in [-0.1, -0.05) is 36.0 Å². The Morgan fingerprint density at radius 1 is 1.24 bits per heavy atom. The molecule has 5 nitrogen and oxygen atoms in total. The fourth-order valence-corrected chi connectivity index (χ4v) is 2.98. The Bertz CT molecular complexity index is 630. The van der Waals surface area contributed by atoms with Gasteiger partial charge in [0.25, 0.3) is 5.89 Å². The van der Waals surface area contributed by atoms with Crippen LogP contribution in [0.3, 0.4) is 0 Å². The average molecular weight is 288 g/mol. The number of rotatable bonds is 3. The van der Waals surface area contributed by atoms with Crippen molar-refractivity contribution in [1.29, 1.82) is 0 Å². The SMILES string of the molecule is COC1(c2noc(-c3cc(C)ccc3O)n2)CCCCC1. The number of ether oxygens (including phenoxy) is 1. The molecule has 1 saturated carbocycles. The highest BCUT2D eigenvalue weighted by atomic mass is 16.5. The first kappa shape index (κ1) is 14.1. The molecule has 1 aromatic heterocycles. The largest absolute Gasteiger partial charge is 0.507 e. The van der Waals surface area contributed by atoms with Crippen LogP contribution in [0.2, 0.25) is 0 Å². The Morgan fingerprint density at radius 3 is 2.71 bits per heavy atom. The molecule has 0 atom stereocenters. The van der Waals surface area contributed by atoms with Gasteiger partial charge in [0.1, 0.15) is 11.4 Å². The van der Waals surface area contributed by atoms with Gasteiger partial charge >= 0.3 is 0 Å². The number of hydrogen-bond acceptors (Lipinski definition) is 5. The maximum absolute atomic E-state index is 9.97. The van der Waals surface area contributed by atoms with Crippen LogP contribution in [0.4, 0.5) is 0 Å². The summed E-state index contributed by atoms with van der Waals surface area (Å²) in [4.78, 5) is 4.49. The van der Waals surface area contributed by atoms with Crippen LogP contribution in [-0.2, 0) is 10.3 Å². The Hall–Kier alpha value is -1.88. The molecule has 2 aromatic rings. The Morgan fingerprint density at radius 2 is 2.00 bits per heavy atom. The quantitative estimate of drug-likeness (QED) is 0.935. The van der Waals surface area contributed by atoms with Gasteiger partial charge in [-0.2, -0.15) is 4.98 Å². The highest BCUT2D eigenvalue weighted by Crippen LogP contribution is 2.39. The second kappa shape index (κ2) is 5.48. The molecule has 0 radical (unpaired) electrons. The molecule has 1 fully saturated rings. The van der Waals surface area contributed by atoms with E-state index in [1.165, 1.54) is 6.42 Å². The molecule has 1 aromatic carbocycles. The third kappa shape index (κ3) is 2.53. The second-order valence-electron chi connectivity index (χ2n) is 5.70. The number of phenols is 1. The molecule has 0 unspecified atom stereocenters. The number of phenolic OH excluding ortho intramolecular Hbond substituents is 1. The van der Waals surface area contributed by atoms with Crippen molar-refractivity contribution in [2.45, 2.75) is 44.6 Å². The van der Waals surface area contributed by atoms with Crippen molar-refractivity contribution in [3.05, 3.63) is 29.6 Å². The van der Waals surface area contributed by atoms with Gasteiger partial charge < -0.3 is 14.4 Å². The Balaban J connectivity index is 1.97. The summed E-state index contributed by atoms with van der Waals surface area (Å²) in [6.07, 6.45) is 5.24. The number of aromatic hydroxyl groups is 1. The summed E-state index contributed by atoms with van der Waals surface area (Å²) in [6, 6.07) is 5.32. The van der Waals surface area contributed by atoms with Crippen LogP contribution in [0, 0.1) is 6.92 Å². The van der Waals surface area contributed by atoms with Crippen molar-refractivity contribution in [3.8, 4) is 17.2 Å². The van der Waals surface area contributed by atoms with E-state index in [0.29, 0.717) is 17.3 Å². The van der Waals surface area contributed by atoms with Crippen molar-refractivity contribution < 1.29 is 14.4 Å². The van der Waals surface area contributed by atoms with E-state index in [0.717, 1.165) is 31.2 Å². The molecular weight excluding hydrogens is 268 g/mol. The zero-order valence-electron chi connectivity index (χ0n) is 12.4. The van der Waals surface area contributed by atoms with Gasteiger partial charge in [-0.05, 0) is 31.9 Å². The molecule has 5 heteroatoms. The zero-order valence-corrected chi connectivity index (χ0v) is 12.4. The molecule has 21 heavy (non-hydrogen) atoms. The average Bonchev–Trinajstić information content (AvgIpc) is 3.00. The molecule has 112 valence electrons. The number of methoxy groups -OCH3 is 1. The summed E-state index contributed by atoms with van der Waals surface area (Å²) in [6.45, 7) is 1.96. The highest BCUT2D eigenvalue weighted by molar-refractivity contribution is 5.63. The number of aromatic nitrogens is 2. The molecular formula is C16H20N2O3. The van der Waals surface area contributed by atoms with E-state index in [-0.39, 0.29) is 5.75 Å². The number of aryl methyl sites for hydroxylation is 1. The molecule has 1 heterocycles. The van der Waals surface area contributed by atoms with Crippen LogP contribution in [0.25, 0.3) is 11.5 Å². The van der Waals surface area contributed by atoms with E-state index < -0.39 is 5.60 Å². The zero-order chi connectivity index (χ0) is 14.9. The fourth-order valence-electron chi connectivity index (χ4n) is 2.98. The predicted molar refractivity (Wildman–Crippen MR) is 77.9 cm³/mol. The van der Waals surface area contributed by atoms with Crippen LogP contribution in [0.1, 0.15) is 43.5 Å². The molecule has 0 spiro atoms. The van der Waals surface area contributed by atoms with Crippen LogP contribution >= 0.6 is 0 Å². The summed E-state index contributed by atoms with van der Waals surface area (Å²) in [5.74, 6) is 1.07. The first-order valence-electron chi connectivity index (χ1n) is 7.34. The van der Waals surface area contributed by atoms with E-state index in [1.807, 2.05) is 19.1 Å². The monoisotopic (exact) mass is 288 g/mol. The standard InChI is InChI=1S/C16H20N2O3/c1-11-6-7-13(19)12(10-11)14-17-15(18-21-14)16(20-2)8-4-3-5-9-16/h6-7,10,19H,3-5,8-9H2,1-2H3. The number of hydrogen-bond donors (Lipinski definition) is 1. The lowest BCUT2D eigenvalue weighted by Gasteiger charge is -2.32. The molecule has 0 bridgehead atoms. The van der Waals surface area contributed by atoms with Crippen LogP contribution in [0.5, 0.6) is 5.75 Å². The first-order chi connectivity index (χ1) is 10.1. The molecule has 1 aliphatic rings. The normalized spacial score (nSPS) is 17.8. The maximum atomic E-state index is 9.97. The van der Waals surface area contributed by atoms with E-state index in [1.54, 1.807) is 13.2 Å². The van der Waals surface area contributed by atoms with Crippen LogP contribution in [-0.4, -0.2) is 22.4 Å². The number of benzene rings is 1. The molecule has 0 amide bonds. The van der Waals surface area contributed by atoms with Gasteiger partial charge in [0.05, 0.1) is 5.56 Å². The topological polar surface area (TPSA) is 68.4 Å². The van der Waals surface area contributed by atoms with Gasteiger partial charge in [0.15, 0.2) is 0 Å². The van der Waals surface area contributed by atoms with E-state index in [4.69, 9.17) is 9.26 Å². The van der Waals surface area contributed by atoms with E-state index in [2.05, 4.69) is 10.1 Å². The van der Waals surface area contributed by atoms with Crippen molar-refractivity contribution in [2.24, 2.45) is 0 Å². The van der Waals surface area contributed by atoms with Gasteiger partial charge in [-0.15, -0.1) is 0 Å². The van der Waals surface area contributed by atoms with Crippen molar-refractivity contribution in [2.75, 3.05) is 7.11 Å². The summed E-state index contributed by atoms with van der Waals surface area (Å²) in [5.41, 5.74) is 1.15. The Labute approximate surface area is 123 Å². The summed E-state index contributed by atoms with van der Waals surface area (Å²) >= 11 is 0. The van der Waals surface area contributed by atoms with Crippen molar-refractivity contribution in [1.82, 2.24) is 10.1 Å². The van der Waals surface area contributed by atoms with E-state index in [9.17, 15) is 5.11 Å². The maximum Gasteiger partial charge on any atom is 0.261 e. The third-order valence-electron chi connectivity index (χ3n) is 4.27. The number of nitrogens with zero attached hydrogens (tertiary/aromatic N) is 2. The van der Waals surface area contributed by atoms with Gasteiger partial charge in [-0.25, -0.2) is 0 Å². The molecule has 0 aliphatic heterocycles. The molecule has 1 N–H and O–H groups in total. The molecule has 1 aliphatic carbocycles. The lowest BCUT2D eigenvalue weighted by Crippen LogP contribution is -2.32. The fraction of sp³-hybridized carbons (Fsp3) is 0.500. The van der Waals surface area contributed by atoms with Crippen LogP contribution in [0.15, 0.2) is 22.7 Å². The Kier molecular flexibility index (Phi) is 3.68. The van der Waals surface area contributed by atoms with Gasteiger partial charge in [0.2, 0.25) is 5.82 Å². The summed E-state index contributed by atoms with van der Waals surface area (Å²) in [7, 11) is 1.70. The summed E-state index contributed by atoms with van der Waals surface area (Å²) < 4.78 is 11.1. The minimum atomic E-state index is -0.445. The summed E-state index contributed by atoms with van der Waals surface area (Å²) in [5, 5.41) is 14.1. The van der Waals surface area contributed by atoms with Gasteiger partial charge in [0, 0.05) is 7.11 Å². The minimum absolute atomic E-state index is 0.144. The van der Waals surface area contributed by atoms with Gasteiger partial charge in [-0.3, -0.25) is 0 Å². The van der Waals surface area contributed by atoms with E-state index >= 15 is 0 Å². The first-order valence-corrected chi connectivity index (χ1v) is 7.34.